The lowest BCUT2D eigenvalue weighted by molar-refractivity contribution is -0.0960. The van der Waals surface area contributed by atoms with E-state index >= 15 is 0 Å². The number of carbonyl (C=O) groups excluding carboxylic acids is 1. The third kappa shape index (κ3) is 5.10. The molecule has 2 aromatic carbocycles. The maximum atomic E-state index is 12.5. The van der Waals surface area contributed by atoms with Gasteiger partial charge < -0.3 is 19.5 Å². The highest BCUT2D eigenvalue weighted by Gasteiger charge is 2.44. The molecule has 3 unspecified atom stereocenters. The summed E-state index contributed by atoms with van der Waals surface area (Å²) in [6.07, 6.45) is 1.42. The fourth-order valence-corrected chi connectivity index (χ4v) is 4.29. The Bertz CT molecular complexity index is 856. The van der Waals surface area contributed by atoms with E-state index in [1.165, 1.54) is 0 Å². The first-order chi connectivity index (χ1) is 13.8. The molecule has 1 saturated carbocycles. The number of methoxy groups -OCH3 is 1. The van der Waals surface area contributed by atoms with Crippen LogP contribution in [0.5, 0.6) is 5.75 Å². The third-order valence-corrected chi connectivity index (χ3v) is 5.79. The van der Waals surface area contributed by atoms with E-state index in [9.17, 15) is 9.90 Å². The third-order valence-electron chi connectivity index (χ3n) is 5.56. The minimum atomic E-state index is -1.00. The zero-order chi connectivity index (χ0) is 21.0. The van der Waals surface area contributed by atoms with E-state index in [0.29, 0.717) is 42.1 Å². The molecular formula is C23H28ClNO4. The molecule has 2 aromatic rings. The van der Waals surface area contributed by atoms with Crippen LogP contribution >= 0.6 is 11.6 Å². The van der Waals surface area contributed by atoms with Crippen LogP contribution in [-0.4, -0.2) is 49.8 Å². The van der Waals surface area contributed by atoms with E-state index in [0.717, 1.165) is 5.56 Å². The average molecular weight is 418 g/mol. The number of ether oxygens (including phenoxy) is 2. The molecule has 29 heavy (non-hydrogen) atoms. The monoisotopic (exact) mass is 417 g/mol. The number of benzene rings is 2. The van der Waals surface area contributed by atoms with Crippen LogP contribution in [0, 0.1) is 5.92 Å². The zero-order valence-electron chi connectivity index (χ0n) is 17.1. The number of nitrogens with zero attached hydrogens (tertiary/aromatic N) is 1. The number of aliphatic hydroxyl groups is 1. The van der Waals surface area contributed by atoms with Gasteiger partial charge in [-0.1, -0.05) is 29.8 Å². The van der Waals surface area contributed by atoms with E-state index in [-0.39, 0.29) is 18.0 Å². The first-order valence-corrected chi connectivity index (χ1v) is 10.2. The molecule has 6 heteroatoms. The minimum Gasteiger partial charge on any atom is -0.497 e. The lowest BCUT2D eigenvalue weighted by Gasteiger charge is -2.44. The first-order valence-electron chi connectivity index (χ1n) is 9.80. The predicted octanol–water partition coefficient (Wildman–Crippen LogP) is 4.12. The topological polar surface area (TPSA) is 59.0 Å². The van der Waals surface area contributed by atoms with Gasteiger partial charge in [0.05, 0.1) is 18.3 Å². The van der Waals surface area contributed by atoms with Crippen molar-refractivity contribution in [3.63, 3.8) is 0 Å². The maximum Gasteiger partial charge on any atom is 0.338 e. The highest BCUT2D eigenvalue weighted by Crippen LogP contribution is 2.43. The molecule has 1 aliphatic carbocycles. The summed E-state index contributed by atoms with van der Waals surface area (Å²) in [5.74, 6) is 0.248. The Kier molecular flexibility index (Phi) is 6.83. The molecular weight excluding hydrogens is 390 g/mol. The average Bonchev–Trinajstić information content (AvgIpc) is 2.70. The second-order valence-corrected chi connectivity index (χ2v) is 8.36. The summed E-state index contributed by atoms with van der Waals surface area (Å²) in [6.45, 7) is 0.679. The van der Waals surface area contributed by atoms with E-state index < -0.39 is 5.60 Å². The quantitative estimate of drug-likeness (QED) is 0.716. The largest absolute Gasteiger partial charge is 0.497 e. The molecule has 3 rings (SSSR count). The van der Waals surface area contributed by atoms with Gasteiger partial charge in [0.2, 0.25) is 0 Å². The van der Waals surface area contributed by atoms with Gasteiger partial charge in [-0.05, 0) is 69.3 Å². The smallest absolute Gasteiger partial charge is 0.338 e. The van der Waals surface area contributed by atoms with Crippen molar-refractivity contribution in [1.82, 2.24) is 4.90 Å². The molecule has 0 radical (unpaired) electrons. The van der Waals surface area contributed by atoms with Crippen LogP contribution < -0.4 is 4.74 Å². The van der Waals surface area contributed by atoms with Crippen LogP contribution in [0.15, 0.2) is 48.5 Å². The van der Waals surface area contributed by atoms with Crippen LogP contribution in [0.3, 0.4) is 0 Å². The van der Waals surface area contributed by atoms with Gasteiger partial charge in [0.15, 0.2) is 0 Å². The van der Waals surface area contributed by atoms with Crippen LogP contribution in [0.25, 0.3) is 0 Å². The summed E-state index contributed by atoms with van der Waals surface area (Å²) in [7, 11) is 5.58. The number of esters is 1. The van der Waals surface area contributed by atoms with Crippen molar-refractivity contribution < 1.29 is 19.4 Å². The lowest BCUT2D eigenvalue weighted by Crippen LogP contribution is -2.47. The van der Waals surface area contributed by atoms with Crippen LogP contribution in [0.1, 0.15) is 35.2 Å². The van der Waals surface area contributed by atoms with Gasteiger partial charge in [-0.15, -0.1) is 0 Å². The Balaban J connectivity index is 1.78. The van der Waals surface area contributed by atoms with Crippen molar-refractivity contribution in [1.29, 1.82) is 0 Å². The van der Waals surface area contributed by atoms with Crippen molar-refractivity contribution in [2.24, 2.45) is 5.92 Å². The minimum absolute atomic E-state index is 0.0875. The van der Waals surface area contributed by atoms with Crippen molar-refractivity contribution in [2.45, 2.75) is 31.0 Å². The SMILES string of the molecule is COc1cccc(C2(O)CCC(OC(=O)c3cccc(Cl)c3)CC2CN(C)C)c1. The molecule has 0 aromatic heterocycles. The van der Waals surface area contributed by atoms with E-state index in [2.05, 4.69) is 4.90 Å². The molecule has 156 valence electrons. The number of carbonyl (C=O) groups is 1. The van der Waals surface area contributed by atoms with E-state index in [1.807, 2.05) is 38.4 Å². The fourth-order valence-electron chi connectivity index (χ4n) is 4.10. The van der Waals surface area contributed by atoms with Gasteiger partial charge in [-0.3, -0.25) is 0 Å². The lowest BCUT2D eigenvalue weighted by atomic mass is 9.70. The number of hydrogen-bond donors (Lipinski definition) is 1. The standard InChI is InChI=1S/C23H28ClNO4/c1-25(2)15-18-14-21(29-22(26)16-6-4-8-19(24)12-16)10-11-23(18,27)17-7-5-9-20(13-17)28-3/h4-9,12-13,18,21,27H,10-11,14-15H2,1-3H3. The number of rotatable bonds is 6. The Morgan fingerprint density at radius 3 is 2.69 bits per heavy atom. The van der Waals surface area contributed by atoms with Gasteiger partial charge in [0.25, 0.3) is 0 Å². The summed E-state index contributed by atoms with van der Waals surface area (Å²) in [4.78, 5) is 14.6. The van der Waals surface area contributed by atoms with Gasteiger partial charge in [-0.25, -0.2) is 4.79 Å². The number of halogens is 1. The maximum absolute atomic E-state index is 12.5. The Morgan fingerprint density at radius 1 is 1.24 bits per heavy atom. The molecule has 5 nitrogen and oxygen atoms in total. The van der Waals surface area contributed by atoms with Gasteiger partial charge in [0.1, 0.15) is 11.9 Å². The molecule has 1 fully saturated rings. The van der Waals surface area contributed by atoms with Crippen molar-refractivity contribution >= 4 is 17.6 Å². The van der Waals surface area contributed by atoms with Crippen molar-refractivity contribution in [2.75, 3.05) is 27.7 Å². The molecule has 3 atom stereocenters. The molecule has 0 bridgehead atoms. The Morgan fingerprint density at radius 2 is 2.00 bits per heavy atom. The molecule has 0 aliphatic heterocycles. The van der Waals surface area contributed by atoms with Crippen LogP contribution in [0.2, 0.25) is 5.02 Å². The second kappa shape index (κ2) is 9.16. The van der Waals surface area contributed by atoms with Gasteiger partial charge in [-0.2, -0.15) is 0 Å². The highest BCUT2D eigenvalue weighted by molar-refractivity contribution is 6.30. The molecule has 0 amide bonds. The molecule has 0 heterocycles. The molecule has 0 saturated heterocycles. The van der Waals surface area contributed by atoms with Crippen molar-refractivity contribution in [3.8, 4) is 5.75 Å². The zero-order valence-corrected chi connectivity index (χ0v) is 17.9. The normalized spacial score (nSPS) is 24.3. The van der Waals surface area contributed by atoms with Gasteiger partial charge >= 0.3 is 5.97 Å². The summed E-state index contributed by atoms with van der Waals surface area (Å²) in [6, 6.07) is 14.3. The molecule has 0 spiro atoms. The molecule has 1 N–H and O–H groups in total. The van der Waals surface area contributed by atoms with Gasteiger partial charge in [0, 0.05) is 17.5 Å². The Labute approximate surface area is 177 Å². The summed E-state index contributed by atoms with van der Waals surface area (Å²) in [5.41, 5.74) is 0.274. The fraction of sp³-hybridized carbons (Fsp3) is 0.435. The second-order valence-electron chi connectivity index (χ2n) is 7.93. The predicted molar refractivity (Wildman–Crippen MR) is 113 cm³/mol. The summed E-state index contributed by atoms with van der Waals surface area (Å²) in [5, 5.41) is 12.1. The van der Waals surface area contributed by atoms with E-state index in [1.54, 1.807) is 31.4 Å². The van der Waals surface area contributed by atoms with E-state index in [4.69, 9.17) is 21.1 Å². The van der Waals surface area contributed by atoms with Crippen LogP contribution in [-0.2, 0) is 10.3 Å². The number of hydrogen-bond acceptors (Lipinski definition) is 5. The Hall–Kier alpha value is -2.08. The summed E-state index contributed by atoms with van der Waals surface area (Å²) < 4.78 is 11.1. The molecule has 1 aliphatic rings. The first kappa shape index (κ1) is 21.6. The van der Waals surface area contributed by atoms with Crippen LogP contribution in [0.4, 0.5) is 0 Å². The van der Waals surface area contributed by atoms with Crippen molar-refractivity contribution in [3.05, 3.63) is 64.7 Å². The highest BCUT2D eigenvalue weighted by atomic mass is 35.5. The summed E-state index contributed by atoms with van der Waals surface area (Å²) >= 11 is 5.99.